The lowest BCUT2D eigenvalue weighted by Gasteiger charge is -2.12. The van der Waals surface area contributed by atoms with E-state index in [0.717, 1.165) is 37.0 Å². The maximum absolute atomic E-state index is 12.7. The second-order valence-electron chi connectivity index (χ2n) is 7.09. The minimum atomic E-state index is -0.387. The Labute approximate surface area is 163 Å². The molecule has 1 amide bonds. The second-order valence-corrected chi connectivity index (χ2v) is 8.20. The first kappa shape index (κ1) is 19.4. The summed E-state index contributed by atoms with van der Waals surface area (Å²) in [6.45, 7) is 4.80. The first-order chi connectivity index (χ1) is 13.0. The number of benzene rings is 1. The van der Waals surface area contributed by atoms with E-state index in [4.69, 9.17) is 9.47 Å². The minimum Gasteiger partial charge on any atom is -0.493 e. The number of aryl methyl sites for hydroxylation is 1. The van der Waals surface area contributed by atoms with Gasteiger partial charge in [0.1, 0.15) is 10.8 Å². The van der Waals surface area contributed by atoms with Crippen molar-refractivity contribution in [1.29, 1.82) is 0 Å². The highest BCUT2D eigenvalue weighted by Gasteiger charge is 2.27. The normalized spacial score (nSPS) is 13.2. The molecule has 1 aromatic carbocycles. The number of carbonyl (C=O) groups excluding carboxylic acids is 2. The molecule has 0 saturated carbocycles. The fourth-order valence-corrected chi connectivity index (χ4v) is 4.39. The molecule has 6 heteroatoms. The Kier molecular flexibility index (Phi) is 6.16. The molecule has 1 N–H and O–H groups in total. The van der Waals surface area contributed by atoms with Crippen LogP contribution in [0.4, 0.5) is 5.00 Å². The second kappa shape index (κ2) is 8.57. The van der Waals surface area contributed by atoms with Crippen molar-refractivity contribution in [3.05, 3.63) is 45.8 Å². The van der Waals surface area contributed by atoms with E-state index in [1.54, 1.807) is 24.3 Å². The highest BCUT2D eigenvalue weighted by Crippen LogP contribution is 2.38. The van der Waals surface area contributed by atoms with Crippen LogP contribution in [0.1, 0.15) is 57.8 Å². The van der Waals surface area contributed by atoms with Crippen molar-refractivity contribution in [2.45, 2.75) is 39.5 Å². The van der Waals surface area contributed by atoms with Crippen LogP contribution in [0.2, 0.25) is 0 Å². The Morgan fingerprint density at radius 2 is 1.85 bits per heavy atom. The lowest BCUT2D eigenvalue weighted by molar-refractivity contribution is 0.0601. The molecular weight excluding hydrogens is 362 g/mol. The van der Waals surface area contributed by atoms with Gasteiger partial charge in [-0.05, 0) is 61.4 Å². The van der Waals surface area contributed by atoms with Gasteiger partial charge >= 0.3 is 5.97 Å². The first-order valence-corrected chi connectivity index (χ1v) is 10.1. The Hall–Kier alpha value is -2.34. The van der Waals surface area contributed by atoms with E-state index in [-0.39, 0.29) is 11.9 Å². The zero-order valence-electron chi connectivity index (χ0n) is 16.0. The first-order valence-electron chi connectivity index (χ1n) is 9.26. The number of thiophene rings is 1. The lowest BCUT2D eigenvalue weighted by atomic mass is 9.95. The molecule has 1 aliphatic carbocycles. The minimum absolute atomic E-state index is 0.242. The number of hydrogen-bond acceptors (Lipinski definition) is 5. The maximum atomic E-state index is 12.7. The molecule has 1 heterocycles. The van der Waals surface area contributed by atoms with Crippen molar-refractivity contribution in [2.75, 3.05) is 19.0 Å². The van der Waals surface area contributed by atoms with E-state index in [1.807, 2.05) is 0 Å². The van der Waals surface area contributed by atoms with Gasteiger partial charge in [0.05, 0.1) is 19.3 Å². The van der Waals surface area contributed by atoms with E-state index in [2.05, 4.69) is 19.2 Å². The molecule has 2 aromatic rings. The number of ether oxygens (including phenoxy) is 2. The molecule has 144 valence electrons. The number of hydrogen-bond donors (Lipinski definition) is 1. The number of nitrogens with one attached hydrogen (secondary N) is 1. The molecule has 0 radical (unpaired) electrons. The van der Waals surface area contributed by atoms with Crippen LogP contribution < -0.4 is 10.1 Å². The van der Waals surface area contributed by atoms with Crippen molar-refractivity contribution >= 4 is 28.2 Å². The van der Waals surface area contributed by atoms with Crippen LogP contribution in [0.3, 0.4) is 0 Å². The Balaban J connectivity index is 1.77. The summed E-state index contributed by atoms with van der Waals surface area (Å²) in [7, 11) is 1.37. The van der Waals surface area contributed by atoms with Crippen molar-refractivity contribution in [3.63, 3.8) is 0 Å². The highest BCUT2D eigenvalue weighted by molar-refractivity contribution is 7.17. The summed E-state index contributed by atoms with van der Waals surface area (Å²) in [6, 6.07) is 7.04. The van der Waals surface area contributed by atoms with Gasteiger partial charge in [-0.25, -0.2) is 4.79 Å². The highest BCUT2D eigenvalue weighted by atomic mass is 32.1. The molecule has 0 bridgehead atoms. The average molecular weight is 388 g/mol. The summed E-state index contributed by atoms with van der Waals surface area (Å²) in [5, 5.41) is 3.49. The summed E-state index contributed by atoms with van der Waals surface area (Å²) in [4.78, 5) is 26.1. The quantitative estimate of drug-likeness (QED) is 0.730. The van der Waals surface area contributed by atoms with E-state index in [9.17, 15) is 9.59 Å². The third-order valence-corrected chi connectivity index (χ3v) is 5.69. The Bertz CT molecular complexity index is 823. The fourth-order valence-electron chi connectivity index (χ4n) is 3.11. The van der Waals surface area contributed by atoms with Crippen LogP contribution in [0.5, 0.6) is 5.75 Å². The predicted octanol–water partition coefficient (Wildman–Crippen LogP) is 4.70. The van der Waals surface area contributed by atoms with E-state index in [0.29, 0.717) is 28.7 Å². The molecule has 5 nitrogen and oxygen atoms in total. The number of anilines is 1. The Morgan fingerprint density at radius 1 is 1.15 bits per heavy atom. The third kappa shape index (κ3) is 4.50. The predicted molar refractivity (Wildman–Crippen MR) is 107 cm³/mol. The summed E-state index contributed by atoms with van der Waals surface area (Å²) < 4.78 is 10.6. The van der Waals surface area contributed by atoms with Gasteiger partial charge in [0.15, 0.2) is 0 Å². The molecule has 3 rings (SSSR count). The SMILES string of the molecule is COC(=O)c1c(NC(=O)c2ccc(OCC(C)C)cc2)sc2c1CCCC2. The number of fused-ring (bicyclic) bond motifs is 1. The van der Waals surface area contributed by atoms with Crippen molar-refractivity contribution in [2.24, 2.45) is 5.92 Å². The van der Waals surface area contributed by atoms with Crippen LogP contribution in [-0.4, -0.2) is 25.6 Å². The van der Waals surface area contributed by atoms with Crippen LogP contribution in [0.25, 0.3) is 0 Å². The summed E-state index contributed by atoms with van der Waals surface area (Å²) in [6.07, 6.45) is 3.97. The van der Waals surface area contributed by atoms with Gasteiger partial charge < -0.3 is 14.8 Å². The topological polar surface area (TPSA) is 64.6 Å². The van der Waals surface area contributed by atoms with Crippen LogP contribution in [0.15, 0.2) is 24.3 Å². The van der Waals surface area contributed by atoms with Crippen molar-refractivity contribution < 1.29 is 19.1 Å². The fraction of sp³-hybridized carbons (Fsp3) is 0.429. The number of esters is 1. The van der Waals surface area contributed by atoms with E-state index in [1.165, 1.54) is 23.3 Å². The lowest BCUT2D eigenvalue weighted by Crippen LogP contribution is -2.15. The van der Waals surface area contributed by atoms with Gasteiger partial charge in [0.25, 0.3) is 5.91 Å². The summed E-state index contributed by atoms with van der Waals surface area (Å²) in [5.41, 5.74) is 2.07. The number of carbonyl (C=O) groups is 2. The number of rotatable bonds is 6. The molecule has 0 atom stereocenters. The van der Waals surface area contributed by atoms with Gasteiger partial charge in [-0.2, -0.15) is 0 Å². The standard InChI is InChI=1S/C21H25NO4S/c1-13(2)12-26-15-10-8-14(9-11-15)19(23)22-20-18(21(24)25-3)16-6-4-5-7-17(16)27-20/h8-11,13H,4-7,12H2,1-3H3,(H,22,23). The third-order valence-electron chi connectivity index (χ3n) is 4.49. The van der Waals surface area contributed by atoms with Gasteiger partial charge in [0.2, 0.25) is 0 Å². The zero-order valence-corrected chi connectivity index (χ0v) is 16.8. The van der Waals surface area contributed by atoms with Crippen LogP contribution in [-0.2, 0) is 17.6 Å². The molecular formula is C21H25NO4S. The summed E-state index contributed by atoms with van der Waals surface area (Å²) in [5.74, 6) is 0.549. The number of methoxy groups -OCH3 is 1. The monoisotopic (exact) mass is 387 g/mol. The van der Waals surface area contributed by atoms with E-state index >= 15 is 0 Å². The largest absolute Gasteiger partial charge is 0.493 e. The van der Waals surface area contributed by atoms with Crippen molar-refractivity contribution in [3.8, 4) is 5.75 Å². The molecule has 1 aromatic heterocycles. The molecule has 0 spiro atoms. The van der Waals surface area contributed by atoms with Gasteiger partial charge in [0, 0.05) is 10.4 Å². The van der Waals surface area contributed by atoms with E-state index < -0.39 is 0 Å². The smallest absolute Gasteiger partial charge is 0.341 e. The molecule has 0 saturated heterocycles. The van der Waals surface area contributed by atoms with Crippen LogP contribution in [0, 0.1) is 5.92 Å². The van der Waals surface area contributed by atoms with Gasteiger partial charge in [-0.3, -0.25) is 4.79 Å². The molecule has 0 fully saturated rings. The average Bonchev–Trinajstić information content (AvgIpc) is 3.03. The molecule has 27 heavy (non-hydrogen) atoms. The molecule has 0 aliphatic heterocycles. The number of amides is 1. The maximum Gasteiger partial charge on any atom is 0.341 e. The van der Waals surface area contributed by atoms with Gasteiger partial charge in [-0.15, -0.1) is 11.3 Å². The summed E-state index contributed by atoms with van der Waals surface area (Å²) >= 11 is 1.49. The van der Waals surface area contributed by atoms with Gasteiger partial charge in [-0.1, -0.05) is 13.8 Å². The van der Waals surface area contributed by atoms with Crippen molar-refractivity contribution in [1.82, 2.24) is 0 Å². The Morgan fingerprint density at radius 3 is 2.52 bits per heavy atom. The zero-order chi connectivity index (χ0) is 19.4. The molecule has 1 aliphatic rings. The van der Waals surface area contributed by atoms with Crippen LogP contribution >= 0.6 is 11.3 Å². The molecule has 0 unspecified atom stereocenters.